The first-order chi connectivity index (χ1) is 6.91. The molecule has 0 fully saturated rings. The van der Waals surface area contributed by atoms with E-state index in [1.54, 1.807) is 6.92 Å². The Balaban J connectivity index is 5.00. The topological polar surface area (TPSA) is 23.9 Å². The highest BCUT2D eigenvalue weighted by atomic mass is 14.4. The van der Waals surface area contributed by atoms with Crippen LogP contribution in [0.1, 0.15) is 34.1 Å². The van der Waals surface area contributed by atoms with E-state index in [2.05, 4.69) is 26.2 Å². The molecule has 0 heterocycles. The van der Waals surface area contributed by atoms with Gasteiger partial charge in [-0.05, 0) is 38.3 Å². The van der Waals surface area contributed by atoms with Gasteiger partial charge in [-0.2, -0.15) is 0 Å². The van der Waals surface area contributed by atoms with E-state index in [0.29, 0.717) is 5.71 Å². The number of nitrogens with one attached hydrogen (secondary N) is 1. The van der Waals surface area contributed by atoms with Crippen molar-refractivity contribution in [2.75, 3.05) is 0 Å². The van der Waals surface area contributed by atoms with E-state index >= 15 is 0 Å². The molecule has 1 nitrogen and oxygen atoms in total. The van der Waals surface area contributed by atoms with Gasteiger partial charge in [-0.3, -0.25) is 0 Å². The highest BCUT2D eigenvalue weighted by molar-refractivity contribution is 6.01. The van der Waals surface area contributed by atoms with Crippen LogP contribution in [0.5, 0.6) is 0 Å². The lowest BCUT2D eigenvalue weighted by molar-refractivity contribution is 1.22. The lowest BCUT2D eigenvalue weighted by Crippen LogP contribution is -2.02. The van der Waals surface area contributed by atoms with E-state index in [0.717, 1.165) is 28.7 Å². The maximum atomic E-state index is 7.70. The molecule has 0 aliphatic rings. The van der Waals surface area contributed by atoms with Gasteiger partial charge in [0.15, 0.2) is 0 Å². The third-order valence-electron chi connectivity index (χ3n) is 2.12. The van der Waals surface area contributed by atoms with Crippen molar-refractivity contribution in [3.05, 3.63) is 47.6 Å². The quantitative estimate of drug-likeness (QED) is 0.504. The average Bonchev–Trinajstić information content (AvgIpc) is 2.12. The third-order valence-corrected chi connectivity index (χ3v) is 2.12. The van der Waals surface area contributed by atoms with Crippen LogP contribution in [0.25, 0.3) is 0 Å². The standard InChI is InChI=1S/C14H21N/c1-7-8-9-11(4)12(5)14(10(2)3)13(6)15/h8-9,15H,4-5,7H2,1-3,6H3/b9-8-,15-13?. The molecule has 0 aromatic carbocycles. The summed E-state index contributed by atoms with van der Waals surface area (Å²) in [7, 11) is 0. The minimum Gasteiger partial charge on any atom is -0.305 e. The molecule has 0 aromatic heterocycles. The van der Waals surface area contributed by atoms with Crippen LogP contribution in [0, 0.1) is 5.41 Å². The van der Waals surface area contributed by atoms with Crippen molar-refractivity contribution in [3.63, 3.8) is 0 Å². The summed E-state index contributed by atoms with van der Waals surface area (Å²) in [6.07, 6.45) is 5.00. The van der Waals surface area contributed by atoms with Crippen LogP contribution in [0.15, 0.2) is 47.6 Å². The largest absolute Gasteiger partial charge is 0.305 e. The molecule has 1 N–H and O–H groups in total. The molecule has 0 saturated carbocycles. The highest BCUT2D eigenvalue weighted by Crippen LogP contribution is 2.21. The lowest BCUT2D eigenvalue weighted by atomic mass is 9.93. The van der Waals surface area contributed by atoms with Crippen molar-refractivity contribution in [2.45, 2.75) is 34.1 Å². The van der Waals surface area contributed by atoms with E-state index in [-0.39, 0.29) is 0 Å². The third kappa shape index (κ3) is 4.11. The van der Waals surface area contributed by atoms with Crippen LogP contribution in [0.4, 0.5) is 0 Å². The van der Waals surface area contributed by atoms with E-state index in [1.807, 2.05) is 19.9 Å². The maximum Gasteiger partial charge on any atom is 0.0360 e. The molecule has 0 atom stereocenters. The summed E-state index contributed by atoms with van der Waals surface area (Å²) >= 11 is 0. The first kappa shape index (κ1) is 13.6. The van der Waals surface area contributed by atoms with Gasteiger partial charge in [0, 0.05) is 11.3 Å². The van der Waals surface area contributed by atoms with Gasteiger partial charge < -0.3 is 5.41 Å². The Morgan fingerprint density at radius 1 is 1.20 bits per heavy atom. The van der Waals surface area contributed by atoms with E-state index < -0.39 is 0 Å². The molecular weight excluding hydrogens is 182 g/mol. The zero-order chi connectivity index (χ0) is 12.0. The van der Waals surface area contributed by atoms with Crippen molar-refractivity contribution in [3.8, 4) is 0 Å². The summed E-state index contributed by atoms with van der Waals surface area (Å²) in [4.78, 5) is 0. The van der Waals surface area contributed by atoms with E-state index in [1.165, 1.54) is 0 Å². The van der Waals surface area contributed by atoms with E-state index in [9.17, 15) is 0 Å². The van der Waals surface area contributed by atoms with Crippen LogP contribution in [0.3, 0.4) is 0 Å². The zero-order valence-corrected chi connectivity index (χ0v) is 10.3. The second-order valence-corrected chi connectivity index (χ2v) is 3.81. The molecule has 0 spiro atoms. The Morgan fingerprint density at radius 3 is 2.07 bits per heavy atom. The highest BCUT2D eigenvalue weighted by Gasteiger charge is 2.08. The summed E-state index contributed by atoms with van der Waals surface area (Å²) in [5.41, 5.74) is 4.32. The van der Waals surface area contributed by atoms with Gasteiger partial charge in [-0.1, -0.05) is 37.8 Å². The van der Waals surface area contributed by atoms with Crippen molar-refractivity contribution >= 4 is 5.71 Å². The summed E-state index contributed by atoms with van der Waals surface area (Å²) in [5.74, 6) is 0. The molecule has 0 unspecified atom stereocenters. The molecule has 0 radical (unpaired) electrons. The summed E-state index contributed by atoms with van der Waals surface area (Å²) in [6.45, 7) is 15.8. The molecule has 0 bridgehead atoms. The minimum atomic E-state index is 0.547. The van der Waals surface area contributed by atoms with Gasteiger partial charge in [0.25, 0.3) is 0 Å². The molecular formula is C14H21N. The number of rotatable bonds is 5. The molecule has 15 heavy (non-hydrogen) atoms. The molecule has 0 amide bonds. The van der Waals surface area contributed by atoms with Crippen molar-refractivity contribution in [2.24, 2.45) is 0 Å². The summed E-state index contributed by atoms with van der Waals surface area (Å²) in [5, 5.41) is 7.70. The van der Waals surface area contributed by atoms with E-state index in [4.69, 9.17) is 5.41 Å². The minimum absolute atomic E-state index is 0.547. The Bertz CT molecular complexity index is 336. The first-order valence-electron chi connectivity index (χ1n) is 5.19. The van der Waals surface area contributed by atoms with Crippen molar-refractivity contribution in [1.82, 2.24) is 0 Å². The van der Waals surface area contributed by atoms with Gasteiger partial charge >= 0.3 is 0 Å². The van der Waals surface area contributed by atoms with Crippen molar-refractivity contribution in [1.29, 1.82) is 5.41 Å². The number of hydrogen-bond donors (Lipinski definition) is 1. The fourth-order valence-corrected chi connectivity index (χ4v) is 1.42. The van der Waals surface area contributed by atoms with Gasteiger partial charge in [0.2, 0.25) is 0 Å². The zero-order valence-electron chi connectivity index (χ0n) is 10.3. The molecule has 0 aromatic rings. The molecule has 0 aliphatic carbocycles. The molecule has 0 aliphatic heterocycles. The molecule has 0 saturated heterocycles. The summed E-state index contributed by atoms with van der Waals surface area (Å²) in [6, 6.07) is 0. The van der Waals surface area contributed by atoms with Crippen LogP contribution < -0.4 is 0 Å². The first-order valence-corrected chi connectivity index (χ1v) is 5.19. The Hall–Kier alpha value is -1.37. The molecule has 1 heteroatoms. The van der Waals surface area contributed by atoms with Crippen LogP contribution >= 0.6 is 0 Å². The average molecular weight is 203 g/mol. The molecule has 82 valence electrons. The maximum absolute atomic E-state index is 7.70. The summed E-state index contributed by atoms with van der Waals surface area (Å²) < 4.78 is 0. The fraction of sp³-hybridized carbons (Fsp3) is 0.357. The number of allylic oxidation sites excluding steroid dienone is 6. The molecule has 0 rings (SSSR count). The van der Waals surface area contributed by atoms with Gasteiger partial charge in [0.05, 0.1) is 0 Å². The lowest BCUT2D eigenvalue weighted by Gasteiger charge is -2.12. The Morgan fingerprint density at radius 2 is 1.73 bits per heavy atom. The van der Waals surface area contributed by atoms with Crippen LogP contribution in [-0.4, -0.2) is 5.71 Å². The monoisotopic (exact) mass is 203 g/mol. The van der Waals surface area contributed by atoms with Gasteiger partial charge in [-0.25, -0.2) is 0 Å². The van der Waals surface area contributed by atoms with Gasteiger partial charge in [0.1, 0.15) is 0 Å². The SMILES string of the molecule is C=C(/C=C\CC)C(=C)C(C(C)=N)=C(C)C. The normalized spacial score (nSPS) is 10.1. The fourth-order valence-electron chi connectivity index (χ4n) is 1.42. The Labute approximate surface area is 93.4 Å². The van der Waals surface area contributed by atoms with Crippen LogP contribution in [-0.2, 0) is 0 Å². The second kappa shape index (κ2) is 6.18. The van der Waals surface area contributed by atoms with Crippen LogP contribution in [0.2, 0.25) is 0 Å². The van der Waals surface area contributed by atoms with Crippen molar-refractivity contribution < 1.29 is 0 Å². The predicted octanol–water partition coefficient (Wildman–Crippen LogP) is 4.44. The smallest absolute Gasteiger partial charge is 0.0360 e. The Kier molecular flexibility index (Phi) is 5.61. The number of hydrogen-bond acceptors (Lipinski definition) is 1. The second-order valence-electron chi connectivity index (χ2n) is 3.81. The predicted molar refractivity (Wildman–Crippen MR) is 69.5 cm³/mol. The van der Waals surface area contributed by atoms with Gasteiger partial charge in [-0.15, -0.1) is 0 Å².